The van der Waals surface area contributed by atoms with Gasteiger partial charge in [-0.2, -0.15) is 5.10 Å². The van der Waals surface area contributed by atoms with Gasteiger partial charge in [0.2, 0.25) is 0 Å². The number of rotatable bonds is 3. The first-order valence-corrected chi connectivity index (χ1v) is 7.82. The molecule has 3 nitrogen and oxygen atoms in total. The third-order valence-electron chi connectivity index (χ3n) is 6.19. The maximum Gasteiger partial charge on any atom is 0.0689 e. The van der Waals surface area contributed by atoms with Gasteiger partial charge in [-0.15, -0.1) is 0 Å². The SMILES string of the molecule is Cn1nc(C23CCC(CO)(CC2)CC3)cc1C1CC1. The zero-order chi connectivity index (χ0) is 13.1. The van der Waals surface area contributed by atoms with Gasteiger partial charge in [-0.3, -0.25) is 4.68 Å². The second-order valence-electron chi connectivity index (χ2n) is 7.29. The summed E-state index contributed by atoms with van der Waals surface area (Å²) in [5.74, 6) is 0.784. The Kier molecular flexibility index (Phi) is 2.42. The van der Waals surface area contributed by atoms with E-state index in [0.29, 0.717) is 12.0 Å². The van der Waals surface area contributed by atoms with Crippen LogP contribution in [0.2, 0.25) is 0 Å². The lowest BCUT2D eigenvalue weighted by Gasteiger charge is -2.52. The molecule has 0 aromatic carbocycles. The highest BCUT2D eigenvalue weighted by Gasteiger charge is 2.50. The number of nitrogens with zero attached hydrogens (tertiary/aromatic N) is 2. The molecule has 0 aliphatic heterocycles. The van der Waals surface area contributed by atoms with Crippen LogP contribution in [0, 0.1) is 5.41 Å². The minimum absolute atomic E-state index is 0.260. The summed E-state index contributed by atoms with van der Waals surface area (Å²) in [6.07, 6.45) is 9.97. The molecule has 19 heavy (non-hydrogen) atoms. The lowest BCUT2D eigenvalue weighted by atomic mass is 9.53. The third kappa shape index (κ3) is 1.70. The second-order valence-corrected chi connectivity index (χ2v) is 7.29. The molecule has 4 fully saturated rings. The molecule has 0 atom stereocenters. The number of fused-ring (bicyclic) bond motifs is 3. The normalized spacial score (nSPS) is 37.8. The number of hydrogen-bond donors (Lipinski definition) is 1. The Balaban J connectivity index is 1.64. The molecular weight excluding hydrogens is 236 g/mol. The van der Waals surface area contributed by atoms with Crippen molar-refractivity contribution in [3.05, 3.63) is 17.5 Å². The first-order valence-electron chi connectivity index (χ1n) is 7.82. The van der Waals surface area contributed by atoms with Crippen LogP contribution >= 0.6 is 0 Å². The lowest BCUT2D eigenvalue weighted by Crippen LogP contribution is -2.46. The number of hydrogen-bond acceptors (Lipinski definition) is 2. The molecular formula is C16H24N2O. The molecule has 2 bridgehead atoms. The van der Waals surface area contributed by atoms with Crippen LogP contribution in [0.25, 0.3) is 0 Å². The van der Waals surface area contributed by atoms with Crippen molar-refractivity contribution in [3.63, 3.8) is 0 Å². The summed E-state index contributed by atoms with van der Waals surface area (Å²) in [5.41, 5.74) is 3.40. The van der Waals surface area contributed by atoms with Crippen LogP contribution < -0.4 is 0 Å². The van der Waals surface area contributed by atoms with Crippen LogP contribution in [-0.4, -0.2) is 21.5 Å². The number of aryl methyl sites for hydroxylation is 1. The van der Waals surface area contributed by atoms with Gasteiger partial charge >= 0.3 is 0 Å². The van der Waals surface area contributed by atoms with Crippen molar-refractivity contribution >= 4 is 0 Å². The topological polar surface area (TPSA) is 38.0 Å². The fourth-order valence-electron chi connectivity index (χ4n) is 4.39. The first kappa shape index (κ1) is 12.0. The van der Waals surface area contributed by atoms with Crippen molar-refractivity contribution in [1.29, 1.82) is 0 Å². The maximum atomic E-state index is 9.63. The van der Waals surface area contributed by atoms with Crippen molar-refractivity contribution in [1.82, 2.24) is 9.78 Å². The highest BCUT2D eigenvalue weighted by Crippen LogP contribution is 2.57. The van der Waals surface area contributed by atoms with Gasteiger partial charge < -0.3 is 5.11 Å². The first-order chi connectivity index (χ1) is 9.16. The molecule has 1 aromatic heterocycles. The molecule has 0 spiro atoms. The molecule has 4 aliphatic carbocycles. The lowest BCUT2D eigenvalue weighted by molar-refractivity contribution is -0.00843. The Labute approximate surface area is 115 Å². The van der Waals surface area contributed by atoms with Crippen molar-refractivity contribution < 1.29 is 5.11 Å². The molecule has 4 aliphatic rings. The van der Waals surface area contributed by atoms with Crippen LogP contribution in [0.3, 0.4) is 0 Å². The molecule has 3 heteroatoms. The molecule has 1 heterocycles. The smallest absolute Gasteiger partial charge is 0.0689 e. The van der Waals surface area contributed by atoms with E-state index in [0.717, 1.165) is 5.92 Å². The van der Waals surface area contributed by atoms with E-state index in [-0.39, 0.29) is 5.41 Å². The summed E-state index contributed by atoms with van der Waals surface area (Å²) < 4.78 is 2.13. The Morgan fingerprint density at radius 1 is 1.21 bits per heavy atom. The van der Waals surface area contributed by atoms with Gasteiger partial charge in [0.25, 0.3) is 0 Å². The van der Waals surface area contributed by atoms with E-state index in [4.69, 9.17) is 5.10 Å². The van der Waals surface area contributed by atoms with E-state index >= 15 is 0 Å². The highest BCUT2D eigenvalue weighted by atomic mass is 16.3. The molecule has 4 saturated carbocycles. The molecule has 0 saturated heterocycles. The number of aliphatic hydroxyl groups is 1. The van der Waals surface area contributed by atoms with Crippen LogP contribution in [-0.2, 0) is 12.5 Å². The molecule has 5 rings (SSSR count). The van der Waals surface area contributed by atoms with Crippen molar-refractivity contribution in [2.24, 2.45) is 12.5 Å². The van der Waals surface area contributed by atoms with E-state index in [1.807, 2.05) is 0 Å². The van der Waals surface area contributed by atoms with E-state index in [1.165, 1.54) is 62.8 Å². The Bertz CT molecular complexity index is 476. The minimum atomic E-state index is 0.260. The Morgan fingerprint density at radius 2 is 1.84 bits per heavy atom. The Morgan fingerprint density at radius 3 is 2.37 bits per heavy atom. The summed E-state index contributed by atoms with van der Waals surface area (Å²) in [6, 6.07) is 2.40. The van der Waals surface area contributed by atoms with Gasteiger partial charge in [0, 0.05) is 30.7 Å². The van der Waals surface area contributed by atoms with E-state index in [1.54, 1.807) is 0 Å². The molecule has 1 aromatic rings. The van der Waals surface area contributed by atoms with E-state index < -0.39 is 0 Å². The fraction of sp³-hybridized carbons (Fsp3) is 0.812. The van der Waals surface area contributed by atoms with Crippen LogP contribution in [0.4, 0.5) is 0 Å². The summed E-state index contributed by atoms with van der Waals surface area (Å²) >= 11 is 0. The zero-order valence-electron chi connectivity index (χ0n) is 11.9. The summed E-state index contributed by atoms with van der Waals surface area (Å²) in [4.78, 5) is 0. The molecule has 0 radical (unpaired) electrons. The van der Waals surface area contributed by atoms with Gasteiger partial charge in [0.05, 0.1) is 5.69 Å². The van der Waals surface area contributed by atoms with Crippen molar-refractivity contribution in [2.45, 2.75) is 62.7 Å². The standard InChI is InChI=1S/C16H24N2O/c1-18-13(12-2-3-12)10-14(17-18)16-7-4-15(11-19,5-8-16)6-9-16/h10,12,19H,2-9,11H2,1H3. The zero-order valence-corrected chi connectivity index (χ0v) is 11.9. The average molecular weight is 260 g/mol. The van der Waals surface area contributed by atoms with Crippen molar-refractivity contribution in [3.8, 4) is 0 Å². The van der Waals surface area contributed by atoms with E-state index in [2.05, 4.69) is 17.8 Å². The third-order valence-corrected chi connectivity index (χ3v) is 6.19. The van der Waals surface area contributed by atoms with Gasteiger partial charge in [-0.05, 0) is 62.8 Å². The second kappa shape index (κ2) is 3.85. The fourth-order valence-corrected chi connectivity index (χ4v) is 4.39. The van der Waals surface area contributed by atoms with Gasteiger partial charge in [0.1, 0.15) is 0 Å². The van der Waals surface area contributed by atoms with Crippen LogP contribution in [0.5, 0.6) is 0 Å². The predicted octanol–water partition coefficient (Wildman–Crippen LogP) is 2.88. The van der Waals surface area contributed by atoms with Crippen molar-refractivity contribution in [2.75, 3.05) is 6.61 Å². The Hall–Kier alpha value is -0.830. The largest absolute Gasteiger partial charge is 0.396 e. The molecule has 1 N–H and O–H groups in total. The van der Waals surface area contributed by atoms with E-state index in [9.17, 15) is 5.11 Å². The maximum absolute atomic E-state index is 9.63. The van der Waals surface area contributed by atoms with Crippen LogP contribution in [0.15, 0.2) is 6.07 Å². The van der Waals surface area contributed by atoms with Gasteiger partial charge in [0.15, 0.2) is 0 Å². The van der Waals surface area contributed by atoms with Crippen LogP contribution in [0.1, 0.15) is 68.7 Å². The molecule has 0 unspecified atom stereocenters. The monoisotopic (exact) mass is 260 g/mol. The average Bonchev–Trinajstić information content (AvgIpc) is 3.23. The number of aliphatic hydroxyl groups excluding tert-OH is 1. The molecule has 0 amide bonds. The summed E-state index contributed by atoms with van der Waals surface area (Å²) in [5, 5.41) is 14.5. The summed E-state index contributed by atoms with van der Waals surface area (Å²) in [7, 11) is 2.11. The van der Waals surface area contributed by atoms with Gasteiger partial charge in [-0.25, -0.2) is 0 Å². The van der Waals surface area contributed by atoms with Gasteiger partial charge in [-0.1, -0.05) is 0 Å². The summed E-state index contributed by atoms with van der Waals surface area (Å²) in [6.45, 7) is 0.388. The highest BCUT2D eigenvalue weighted by molar-refractivity contribution is 5.27. The predicted molar refractivity (Wildman–Crippen MR) is 74.1 cm³/mol. The quantitative estimate of drug-likeness (QED) is 0.907. The molecule has 104 valence electrons. The number of aromatic nitrogens is 2. The minimum Gasteiger partial charge on any atom is -0.396 e.